The molecule has 0 aromatic carbocycles. The van der Waals surface area contributed by atoms with Crippen LogP contribution in [0.5, 0.6) is 0 Å². The quantitative estimate of drug-likeness (QED) is 0.526. The van der Waals surface area contributed by atoms with E-state index in [0.717, 1.165) is 12.8 Å². The van der Waals surface area contributed by atoms with Crippen LogP contribution >= 0.6 is 0 Å². The summed E-state index contributed by atoms with van der Waals surface area (Å²) in [6, 6.07) is 0. The van der Waals surface area contributed by atoms with E-state index in [1.807, 2.05) is 0 Å². The molecule has 3 nitrogen and oxygen atoms in total. The van der Waals surface area contributed by atoms with Crippen LogP contribution in [0.2, 0.25) is 0 Å². The smallest absolute Gasteiger partial charge is 0.306 e. The molecule has 0 amide bonds. The van der Waals surface area contributed by atoms with Gasteiger partial charge in [-0.05, 0) is 18.8 Å². The molecule has 0 aliphatic carbocycles. The van der Waals surface area contributed by atoms with Gasteiger partial charge in [0.15, 0.2) is 0 Å². The van der Waals surface area contributed by atoms with Gasteiger partial charge >= 0.3 is 5.97 Å². The number of carbonyl (C=O) groups excluding carboxylic acids is 1. The molecule has 3 heterocycles. The first-order valence-electron chi connectivity index (χ1n) is 5.01. The zero-order valence-electron chi connectivity index (χ0n) is 7.79. The topological polar surface area (TPSA) is 35.5 Å². The molecule has 0 saturated carbocycles. The number of fused-ring (bicyclic) bond motifs is 3. The maximum absolute atomic E-state index is 11.1. The lowest BCUT2D eigenvalue weighted by Crippen LogP contribution is -2.35. The van der Waals surface area contributed by atoms with Crippen molar-refractivity contribution in [1.82, 2.24) is 0 Å². The SMILES string of the molecule is C[C@@H]1CC2OC1CC21COC(=O)C1. The van der Waals surface area contributed by atoms with Gasteiger partial charge in [0.25, 0.3) is 0 Å². The largest absolute Gasteiger partial charge is 0.465 e. The summed E-state index contributed by atoms with van der Waals surface area (Å²) in [7, 11) is 0. The molecular formula is C10H14O3. The van der Waals surface area contributed by atoms with E-state index in [0.29, 0.717) is 31.2 Å². The molecule has 1 spiro atoms. The minimum Gasteiger partial charge on any atom is -0.465 e. The Morgan fingerprint density at radius 1 is 1.54 bits per heavy atom. The lowest BCUT2D eigenvalue weighted by Gasteiger charge is -2.29. The second-order valence-electron chi connectivity index (χ2n) is 4.78. The van der Waals surface area contributed by atoms with Crippen molar-refractivity contribution in [3.05, 3.63) is 0 Å². The average Bonchev–Trinajstić information content (AvgIpc) is 2.68. The van der Waals surface area contributed by atoms with Crippen LogP contribution in [0.1, 0.15) is 26.2 Å². The molecule has 3 heteroatoms. The van der Waals surface area contributed by atoms with E-state index >= 15 is 0 Å². The van der Waals surface area contributed by atoms with Gasteiger partial charge in [-0.15, -0.1) is 0 Å². The highest BCUT2D eigenvalue weighted by Gasteiger charge is 2.58. The van der Waals surface area contributed by atoms with Gasteiger partial charge in [-0.3, -0.25) is 4.79 Å². The molecule has 3 fully saturated rings. The van der Waals surface area contributed by atoms with E-state index in [4.69, 9.17) is 9.47 Å². The second kappa shape index (κ2) is 2.27. The Bertz CT molecular complexity index is 261. The lowest BCUT2D eigenvalue weighted by molar-refractivity contribution is -0.137. The van der Waals surface area contributed by atoms with Gasteiger partial charge in [-0.2, -0.15) is 0 Å². The van der Waals surface area contributed by atoms with Crippen molar-refractivity contribution in [2.24, 2.45) is 11.3 Å². The van der Waals surface area contributed by atoms with Gasteiger partial charge in [-0.1, -0.05) is 6.92 Å². The van der Waals surface area contributed by atoms with Crippen LogP contribution in [-0.2, 0) is 14.3 Å². The summed E-state index contributed by atoms with van der Waals surface area (Å²) in [6.45, 7) is 2.83. The number of cyclic esters (lactones) is 1. The van der Waals surface area contributed by atoms with Crippen molar-refractivity contribution in [3.63, 3.8) is 0 Å². The summed E-state index contributed by atoms with van der Waals surface area (Å²) in [5, 5.41) is 0. The minimum atomic E-state index is -0.0381. The Morgan fingerprint density at radius 3 is 2.85 bits per heavy atom. The average molecular weight is 182 g/mol. The van der Waals surface area contributed by atoms with Crippen LogP contribution in [0.15, 0.2) is 0 Å². The number of carbonyl (C=O) groups is 1. The maximum Gasteiger partial charge on any atom is 0.306 e. The Kier molecular flexibility index (Phi) is 1.36. The highest BCUT2D eigenvalue weighted by Crippen LogP contribution is 2.54. The summed E-state index contributed by atoms with van der Waals surface area (Å²) in [6.07, 6.45) is 3.41. The molecule has 4 atom stereocenters. The third kappa shape index (κ3) is 0.909. The predicted molar refractivity (Wildman–Crippen MR) is 45.1 cm³/mol. The molecule has 0 aromatic heterocycles. The first kappa shape index (κ1) is 7.80. The third-order valence-electron chi connectivity index (χ3n) is 3.87. The maximum atomic E-state index is 11.1. The van der Waals surface area contributed by atoms with Crippen LogP contribution in [0.4, 0.5) is 0 Å². The van der Waals surface area contributed by atoms with Crippen molar-refractivity contribution < 1.29 is 14.3 Å². The molecule has 2 bridgehead atoms. The summed E-state index contributed by atoms with van der Waals surface area (Å²) in [5.41, 5.74) is 0.0637. The fraction of sp³-hybridized carbons (Fsp3) is 0.900. The minimum absolute atomic E-state index is 0.0381. The molecule has 0 radical (unpaired) electrons. The molecule has 3 rings (SSSR count). The Balaban J connectivity index is 1.85. The highest BCUT2D eigenvalue weighted by atomic mass is 16.6. The van der Waals surface area contributed by atoms with Crippen LogP contribution in [0, 0.1) is 11.3 Å². The van der Waals surface area contributed by atoms with E-state index in [2.05, 4.69) is 6.92 Å². The molecule has 3 saturated heterocycles. The summed E-state index contributed by atoms with van der Waals surface area (Å²) >= 11 is 0. The van der Waals surface area contributed by atoms with Gasteiger partial charge in [0.2, 0.25) is 0 Å². The molecule has 3 unspecified atom stereocenters. The van der Waals surface area contributed by atoms with Crippen molar-refractivity contribution in [3.8, 4) is 0 Å². The number of rotatable bonds is 0. The van der Waals surface area contributed by atoms with E-state index < -0.39 is 0 Å². The summed E-state index contributed by atoms with van der Waals surface area (Å²) in [4.78, 5) is 11.1. The fourth-order valence-electron chi connectivity index (χ4n) is 3.02. The zero-order chi connectivity index (χ0) is 9.05. The van der Waals surface area contributed by atoms with E-state index in [1.165, 1.54) is 0 Å². The van der Waals surface area contributed by atoms with Gasteiger partial charge in [0.05, 0.1) is 18.6 Å². The predicted octanol–water partition coefficient (Wildman–Crippen LogP) is 1.12. The monoisotopic (exact) mass is 182 g/mol. The van der Waals surface area contributed by atoms with Gasteiger partial charge in [0.1, 0.15) is 6.61 Å². The molecule has 3 aliphatic rings. The Labute approximate surface area is 77.4 Å². The second-order valence-corrected chi connectivity index (χ2v) is 4.78. The van der Waals surface area contributed by atoms with Gasteiger partial charge < -0.3 is 9.47 Å². The number of hydrogen-bond donors (Lipinski definition) is 0. The van der Waals surface area contributed by atoms with Crippen LogP contribution in [0.25, 0.3) is 0 Å². The van der Waals surface area contributed by atoms with Gasteiger partial charge in [0, 0.05) is 5.41 Å². The van der Waals surface area contributed by atoms with Crippen LogP contribution < -0.4 is 0 Å². The van der Waals surface area contributed by atoms with E-state index in [9.17, 15) is 4.79 Å². The standard InChI is InChI=1S/C10H14O3/c1-6-2-8-10(3-7(6)13-8)4-9(11)12-5-10/h6-8H,2-5H2,1H3/t6-,7?,8?,10?/m1/s1. The third-order valence-corrected chi connectivity index (χ3v) is 3.87. The number of ether oxygens (including phenoxy) is 2. The van der Waals surface area contributed by atoms with E-state index in [1.54, 1.807) is 0 Å². The van der Waals surface area contributed by atoms with Crippen molar-refractivity contribution in [2.75, 3.05) is 6.61 Å². The number of esters is 1. The number of hydrogen-bond acceptors (Lipinski definition) is 3. The van der Waals surface area contributed by atoms with E-state index in [-0.39, 0.29) is 11.4 Å². The van der Waals surface area contributed by atoms with Gasteiger partial charge in [-0.25, -0.2) is 0 Å². The lowest BCUT2D eigenvalue weighted by atomic mass is 9.70. The molecular weight excluding hydrogens is 168 g/mol. The molecule has 13 heavy (non-hydrogen) atoms. The first-order chi connectivity index (χ1) is 6.20. The zero-order valence-corrected chi connectivity index (χ0v) is 7.79. The van der Waals surface area contributed by atoms with Crippen LogP contribution in [-0.4, -0.2) is 24.8 Å². The fourth-order valence-corrected chi connectivity index (χ4v) is 3.02. The molecule has 0 N–H and O–H groups in total. The highest BCUT2D eigenvalue weighted by molar-refractivity contribution is 5.72. The Hall–Kier alpha value is -0.570. The molecule has 0 aromatic rings. The summed E-state index contributed by atoms with van der Waals surface area (Å²) in [5.74, 6) is 0.634. The molecule has 72 valence electrons. The van der Waals surface area contributed by atoms with Crippen LogP contribution in [0.3, 0.4) is 0 Å². The Morgan fingerprint density at radius 2 is 2.38 bits per heavy atom. The summed E-state index contributed by atoms with van der Waals surface area (Å²) < 4.78 is 10.9. The van der Waals surface area contributed by atoms with Crippen molar-refractivity contribution >= 4 is 5.97 Å². The van der Waals surface area contributed by atoms with Crippen molar-refractivity contribution in [1.29, 1.82) is 0 Å². The normalized spacial score (nSPS) is 53.3. The van der Waals surface area contributed by atoms with Crippen molar-refractivity contribution in [2.45, 2.75) is 38.4 Å². The first-order valence-corrected chi connectivity index (χ1v) is 5.01. The molecule has 3 aliphatic heterocycles.